The van der Waals surface area contributed by atoms with Gasteiger partial charge in [-0.05, 0) is 11.3 Å². The summed E-state index contributed by atoms with van der Waals surface area (Å²) in [6.07, 6.45) is 1.77. The number of quaternary nitrogens is 1. The molecule has 0 N–H and O–H groups in total. The second kappa shape index (κ2) is 5.72. The second-order valence-electron chi connectivity index (χ2n) is 5.28. The van der Waals surface area contributed by atoms with Gasteiger partial charge in [0.25, 0.3) is 0 Å². The summed E-state index contributed by atoms with van der Waals surface area (Å²) < 4.78 is 0.539. The Morgan fingerprint density at radius 3 is 2.05 bits per heavy atom. The summed E-state index contributed by atoms with van der Waals surface area (Å²) in [5, 5.41) is 12.2. The van der Waals surface area contributed by atoms with Crippen molar-refractivity contribution in [1.29, 1.82) is 0 Å². The van der Waals surface area contributed by atoms with Crippen LogP contribution in [0.25, 0.3) is 5.76 Å². The minimum Gasteiger partial charge on any atom is -0.868 e. The number of hydrogen-bond acceptors (Lipinski definition) is 1. The molecule has 0 aliphatic heterocycles. The molecule has 0 radical (unpaired) electrons. The molecule has 2 rings (SSSR count). The highest BCUT2D eigenvalue weighted by molar-refractivity contribution is 5.55. The Kier molecular flexibility index (Phi) is 4.03. The molecule has 0 amide bonds. The fourth-order valence-electron chi connectivity index (χ4n) is 2.09. The molecule has 0 saturated carbocycles. The Morgan fingerprint density at radius 2 is 1.47 bits per heavy atom. The van der Waals surface area contributed by atoms with E-state index in [4.69, 9.17) is 0 Å². The first kappa shape index (κ1) is 13.4. The highest BCUT2D eigenvalue weighted by Crippen LogP contribution is 2.15. The van der Waals surface area contributed by atoms with Crippen LogP contribution in [0.5, 0.6) is 0 Å². The zero-order valence-corrected chi connectivity index (χ0v) is 11.4. The van der Waals surface area contributed by atoms with Crippen LogP contribution in [0.1, 0.15) is 11.1 Å². The summed E-state index contributed by atoms with van der Waals surface area (Å²) in [7, 11) is 4.07. The quantitative estimate of drug-likeness (QED) is 0.607. The first-order valence-corrected chi connectivity index (χ1v) is 6.39. The van der Waals surface area contributed by atoms with E-state index < -0.39 is 0 Å². The minimum absolute atomic E-state index is 0.0709. The van der Waals surface area contributed by atoms with E-state index in [1.165, 1.54) is 5.56 Å². The van der Waals surface area contributed by atoms with Crippen molar-refractivity contribution in [3.05, 3.63) is 78.0 Å². The standard InChI is InChI=1S/C17H19NO/c1-18(2,13-15-9-5-3-6-10-15)14-17(19)16-11-7-4-8-12-16/h3-12,14H,13H2,1-2H3. The zero-order chi connectivity index (χ0) is 13.7. The third kappa shape index (κ3) is 3.97. The van der Waals surface area contributed by atoms with Crippen LogP contribution >= 0.6 is 0 Å². The van der Waals surface area contributed by atoms with Crippen molar-refractivity contribution in [3.63, 3.8) is 0 Å². The summed E-state index contributed by atoms with van der Waals surface area (Å²) in [5.74, 6) is 0.0709. The van der Waals surface area contributed by atoms with E-state index in [-0.39, 0.29) is 5.76 Å². The largest absolute Gasteiger partial charge is 0.868 e. The fourth-order valence-corrected chi connectivity index (χ4v) is 2.09. The van der Waals surface area contributed by atoms with Crippen LogP contribution in [0, 0.1) is 0 Å². The Bertz CT molecular complexity index is 544. The Morgan fingerprint density at radius 1 is 0.947 bits per heavy atom. The predicted molar refractivity (Wildman–Crippen MR) is 76.7 cm³/mol. The summed E-state index contributed by atoms with van der Waals surface area (Å²) in [4.78, 5) is 0. The smallest absolute Gasteiger partial charge is 0.108 e. The average molecular weight is 253 g/mol. The van der Waals surface area contributed by atoms with Gasteiger partial charge in [-0.15, -0.1) is 0 Å². The molecule has 0 saturated heterocycles. The second-order valence-corrected chi connectivity index (χ2v) is 5.28. The topological polar surface area (TPSA) is 23.1 Å². The van der Waals surface area contributed by atoms with Crippen LogP contribution in [0.3, 0.4) is 0 Å². The first-order chi connectivity index (χ1) is 9.07. The van der Waals surface area contributed by atoms with E-state index in [2.05, 4.69) is 12.1 Å². The van der Waals surface area contributed by atoms with Gasteiger partial charge in [-0.3, -0.25) is 4.48 Å². The van der Waals surface area contributed by atoms with Crippen molar-refractivity contribution >= 4 is 5.76 Å². The molecular formula is C17H19NO. The molecule has 2 heteroatoms. The van der Waals surface area contributed by atoms with Crippen LogP contribution in [0.15, 0.2) is 66.9 Å². The lowest BCUT2D eigenvalue weighted by Crippen LogP contribution is -2.33. The normalized spacial score (nSPS) is 12.4. The molecule has 0 bridgehead atoms. The highest BCUT2D eigenvalue weighted by atomic mass is 16.3. The van der Waals surface area contributed by atoms with E-state index in [1.807, 2.05) is 62.6 Å². The first-order valence-electron chi connectivity index (χ1n) is 6.39. The van der Waals surface area contributed by atoms with Gasteiger partial charge in [0.2, 0.25) is 0 Å². The van der Waals surface area contributed by atoms with E-state index in [0.717, 1.165) is 12.1 Å². The number of benzene rings is 2. The Balaban J connectivity index is 2.16. The third-order valence-electron chi connectivity index (χ3n) is 2.96. The Hall–Kier alpha value is -2.06. The van der Waals surface area contributed by atoms with Crippen molar-refractivity contribution in [2.24, 2.45) is 0 Å². The van der Waals surface area contributed by atoms with E-state index >= 15 is 0 Å². The van der Waals surface area contributed by atoms with Crippen molar-refractivity contribution in [2.45, 2.75) is 6.54 Å². The maximum absolute atomic E-state index is 12.2. The molecule has 0 atom stereocenters. The molecule has 2 aromatic rings. The van der Waals surface area contributed by atoms with Crippen LogP contribution < -0.4 is 5.11 Å². The predicted octanol–water partition coefficient (Wildman–Crippen LogP) is 2.62. The number of rotatable bonds is 4. The zero-order valence-electron chi connectivity index (χ0n) is 11.4. The van der Waals surface area contributed by atoms with Gasteiger partial charge in [-0.25, -0.2) is 0 Å². The van der Waals surface area contributed by atoms with E-state index in [0.29, 0.717) is 4.48 Å². The molecule has 0 fully saturated rings. The van der Waals surface area contributed by atoms with Crippen molar-refractivity contribution in [3.8, 4) is 0 Å². The van der Waals surface area contributed by atoms with Crippen LogP contribution in [0.2, 0.25) is 0 Å². The fraction of sp³-hybridized carbons (Fsp3) is 0.176. The maximum atomic E-state index is 12.2. The number of hydrogen-bond donors (Lipinski definition) is 0. The molecule has 0 aromatic heterocycles. The van der Waals surface area contributed by atoms with E-state index in [1.54, 1.807) is 6.20 Å². The molecule has 0 heterocycles. The molecule has 0 aliphatic carbocycles. The van der Waals surface area contributed by atoms with Gasteiger partial charge in [0, 0.05) is 5.56 Å². The molecule has 98 valence electrons. The Labute approximate surface area is 114 Å². The molecule has 0 spiro atoms. The van der Waals surface area contributed by atoms with Gasteiger partial charge in [0.1, 0.15) is 6.54 Å². The van der Waals surface area contributed by atoms with Gasteiger partial charge < -0.3 is 5.11 Å². The average Bonchev–Trinajstić information content (AvgIpc) is 2.39. The third-order valence-corrected chi connectivity index (χ3v) is 2.96. The molecule has 0 unspecified atom stereocenters. The summed E-state index contributed by atoms with van der Waals surface area (Å²) in [5.41, 5.74) is 1.96. The molecule has 0 aliphatic rings. The molecular weight excluding hydrogens is 234 g/mol. The van der Waals surface area contributed by atoms with Gasteiger partial charge in [0.05, 0.1) is 20.3 Å². The summed E-state index contributed by atoms with van der Waals surface area (Å²) >= 11 is 0. The highest BCUT2D eigenvalue weighted by Gasteiger charge is 2.12. The van der Waals surface area contributed by atoms with E-state index in [9.17, 15) is 5.11 Å². The van der Waals surface area contributed by atoms with Crippen molar-refractivity contribution < 1.29 is 9.59 Å². The molecule has 19 heavy (non-hydrogen) atoms. The van der Waals surface area contributed by atoms with Gasteiger partial charge in [-0.2, -0.15) is 0 Å². The summed E-state index contributed by atoms with van der Waals surface area (Å²) in [6, 6.07) is 19.6. The van der Waals surface area contributed by atoms with Crippen LogP contribution in [0.4, 0.5) is 0 Å². The lowest BCUT2D eigenvalue weighted by atomic mass is 10.1. The lowest BCUT2D eigenvalue weighted by Gasteiger charge is -2.28. The van der Waals surface area contributed by atoms with Gasteiger partial charge in [0.15, 0.2) is 0 Å². The van der Waals surface area contributed by atoms with Crippen molar-refractivity contribution in [2.75, 3.05) is 14.1 Å². The minimum atomic E-state index is 0.0709. The maximum Gasteiger partial charge on any atom is 0.108 e. The molecule has 2 aromatic carbocycles. The monoisotopic (exact) mass is 253 g/mol. The summed E-state index contributed by atoms with van der Waals surface area (Å²) in [6.45, 7) is 0.805. The van der Waals surface area contributed by atoms with Gasteiger partial charge >= 0.3 is 0 Å². The van der Waals surface area contributed by atoms with Crippen LogP contribution in [-0.4, -0.2) is 18.6 Å². The SMILES string of the molecule is C[N+](C)(C=C([O-])c1ccccc1)Cc1ccccc1. The number of nitrogens with zero attached hydrogens (tertiary/aromatic N) is 1. The van der Waals surface area contributed by atoms with Gasteiger partial charge in [-0.1, -0.05) is 60.7 Å². The van der Waals surface area contributed by atoms with Crippen molar-refractivity contribution in [1.82, 2.24) is 0 Å². The van der Waals surface area contributed by atoms with Crippen LogP contribution in [-0.2, 0) is 6.54 Å². The molecule has 2 nitrogen and oxygen atoms in total. The lowest BCUT2D eigenvalue weighted by molar-refractivity contribution is -0.853.